The van der Waals surface area contributed by atoms with Crippen molar-refractivity contribution in [1.82, 2.24) is 0 Å². The fourth-order valence-electron chi connectivity index (χ4n) is 2.04. The summed E-state index contributed by atoms with van der Waals surface area (Å²) in [5.41, 5.74) is 0. The van der Waals surface area contributed by atoms with E-state index in [1.165, 1.54) is 38.5 Å². The molecule has 0 aliphatic rings. The Kier molecular flexibility index (Phi) is 24.2. The molecule has 0 bridgehead atoms. The third kappa shape index (κ3) is 20.9. The van der Waals surface area contributed by atoms with Crippen molar-refractivity contribution in [3.05, 3.63) is 0 Å². The summed E-state index contributed by atoms with van der Waals surface area (Å²) in [6.07, 6.45) is 11.3. The van der Waals surface area contributed by atoms with Gasteiger partial charge < -0.3 is 0 Å². The zero-order valence-corrected chi connectivity index (χ0v) is 17.4. The number of Topliss-reactive ketones (excluding diaryl/α,β-unsaturated/α-hetero) is 1. The SMILES string of the molecule is CCCCCCCCCCCC(=O)CCOS(=O)(=O)ON.[Ag].[Ag]. The minimum atomic E-state index is -4.13. The predicted octanol–water partition coefficient (Wildman–Crippen LogP) is 3.01. The van der Waals surface area contributed by atoms with Crippen LogP contribution >= 0.6 is 0 Å². The van der Waals surface area contributed by atoms with Gasteiger partial charge in [0.05, 0.1) is 6.61 Å². The van der Waals surface area contributed by atoms with Crippen molar-refractivity contribution >= 4 is 16.2 Å². The largest absolute Gasteiger partial charge is 0.415 e. The van der Waals surface area contributed by atoms with Crippen LogP contribution in [0.5, 0.6) is 0 Å². The number of nitrogens with two attached hydrogens (primary N) is 1. The minimum Gasteiger partial charge on any atom is -0.300 e. The summed E-state index contributed by atoms with van der Waals surface area (Å²) >= 11 is 0. The molecular formula is C14H29Ag2NO5S. The van der Waals surface area contributed by atoms with E-state index in [1.54, 1.807) is 0 Å². The third-order valence-corrected chi connectivity index (χ3v) is 3.98. The van der Waals surface area contributed by atoms with Crippen LogP contribution in [-0.2, 0) is 68.4 Å². The van der Waals surface area contributed by atoms with Crippen molar-refractivity contribution < 1.29 is 66.4 Å². The van der Waals surface area contributed by atoms with Crippen LogP contribution in [0.2, 0.25) is 0 Å². The Hall–Kier alpha value is 0.981. The van der Waals surface area contributed by atoms with E-state index in [1.807, 2.05) is 0 Å². The maximum absolute atomic E-state index is 11.5. The Bertz CT molecular complexity index is 366. The number of ketones is 1. The van der Waals surface area contributed by atoms with Gasteiger partial charge in [-0.3, -0.25) is 4.79 Å². The molecule has 0 aromatic carbocycles. The molecule has 0 rings (SSSR count). The summed E-state index contributed by atoms with van der Waals surface area (Å²) in [4.78, 5) is 11.5. The predicted molar refractivity (Wildman–Crippen MR) is 81.6 cm³/mol. The van der Waals surface area contributed by atoms with Gasteiger partial charge in [-0.2, -0.15) is 18.6 Å². The second-order valence-corrected chi connectivity index (χ2v) is 6.44. The molecule has 23 heavy (non-hydrogen) atoms. The maximum Gasteiger partial charge on any atom is 0.415 e. The molecule has 0 fully saturated rings. The van der Waals surface area contributed by atoms with Crippen LogP contribution in [0.3, 0.4) is 0 Å². The quantitative estimate of drug-likeness (QED) is 0.196. The molecule has 0 unspecified atom stereocenters. The van der Waals surface area contributed by atoms with Crippen LogP contribution in [0.25, 0.3) is 0 Å². The summed E-state index contributed by atoms with van der Waals surface area (Å²) in [7, 11) is -4.13. The fraction of sp³-hybridized carbons (Fsp3) is 0.929. The summed E-state index contributed by atoms with van der Waals surface area (Å²) < 4.78 is 29.4. The molecule has 0 atom stereocenters. The molecular weight excluding hydrogens is 510 g/mol. The van der Waals surface area contributed by atoms with Crippen molar-refractivity contribution in [2.45, 2.75) is 77.6 Å². The first-order valence-electron chi connectivity index (χ1n) is 7.81. The molecule has 0 saturated carbocycles. The molecule has 0 heterocycles. The van der Waals surface area contributed by atoms with Crippen molar-refractivity contribution in [2.24, 2.45) is 5.90 Å². The molecule has 148 valence electrons. The second-order valence-electron chi connectivity index (χ2n) is 5.19. The standard InChI is InChI=1S/C14H29NO5S.2Ag/c1-2-3-4-5-6-7-8-9-10-11-14(16)12-13-19-21(17,18)20-15;;/h2-13,15H2,1H3;;. The van der Waals surface area contributed by atoms with E-state index in [0.29, 0.717) is 6.42 Å². The van der Waals surface area contributed by atoms with Gasteiger partial charge in [-0.15, -0.1) is 0 Å². The molecule has 0 spiro atoms. The molecule has 0 aliphatic heterocycles. The Balaban J connectivity index is -0.00000200. The first-order valence-corrected chi connectivity index (χ1v) is 9.14. The molecule has 0 saturated heterocycles. The van der Waals surface area contributed by atoms with Crippen molar-refractivity contribution in [2.75, 3.05) is 6.61 Å². The fourth-order valence-corrected chi connectivity index (χ4v) is 2.39. The number of hydrogen-bond acceptors (Lipinski definition) is 6. The average Bonchev–Trinajstić information content (AvgIpc) is 2.45. The second kappa shape index (κ2) is 19.3. The molecule has 0 aromatic rings. The normalized spacial score (nSPS) is 10.7. The molecule has 0 amide bonds. The number of unbranched alkanes of at least 4 members (excludes halogenated alkanes) is 8. The van der Waals surface area contributed by atoms with Crippen molar-refractivity contribution in [1.29, 1.82) is 0 Å². The number of carbonyl (C=O) groups is 1. The van der Waals surface area contributed by atoms with Crippen LogP contribution in [0, 0.1) is 0 Å². The zero-order valence-electron chi connectivity index (χ0n) is 13.6. The molecule has 6 nitrogen and oxygen atoms in total. The molecule has 0 aromatic heterocycles. The van der Waals surface area contributed by atoms with Crippen molar-refractivity contribution in [3.63, 3.8) is 0 Å². The first kappa shape index (κ1) is 28.8. The molecule has 9 heteroatoms. The van der Waals surface area contributed by atoms with Crippen LogP contribution in [0.1, 0.15) is 77.6 Å². The summed E-state index contributed by atoms with van der Waals surface area (Å²) in [5, 5.41) is 0. The van der Waals surface area contributed by atoms with Gasteiger partial charge in [-0.05, 0) is 6.42 Å². The Labute approximate surface area is 171 Å². The van der Waals surface area contributed by atoms with E-state index >= 15 is 0 Å². The first-order chi connectivity index (χ1) is 10.0. The van der Waals surface area contributed by atoms with Crippen LogP contribution in [0.4, 0.5) is 0 Å². The van der Waals surface area contributed by atoms with Gasteiger partial charge in [0.25, 0.3) is 0 Å². The summed E-state index contributed by atoms with van der Waals surface area (Å²) in [6, 6.07) is 0. The van der Waals surface area contributed by atoms with Gasteiger partial charge in [-0.1, -0.05) is 58.3 Å². The molecule has 2 radical (unpaired) electrons. The Morgan fingerprint density at radius 3 is 1.83 bits per heavy atom. The molecule has 2 N–H and O–H groups in total. The van der Waals surface area contributed by atoms with E-state index in [0.717, 1.165) is 19.3 Å². The molecule has 0 aliphatic carbocycles. The van der Waals surface area contributed by atoms with E-state index in [4.69, 9.17) is 0 Å². The van der Waals surface area contributed by atoms with Gasteiger partial charge in [0.1, 0.15) is 5.78 Å². The average molecular weight is 539 g/mol. The van der Waals surface area contributed by atoms with Crippen LogP contribution < -0.4 is 5.90 Å². The van der Waals surface area contributed by atoms with E-state index in [2.05, 4.69) is 21.3 Å². The van der Waals surface area contributed by atoms with E-state index in [9.17, 15) is 13.2 Å². The summed E-state index contributed by atoms with van der Waals surface area (Å²) in [6.45, 7) is 2.00. The zero-order chi connectivity index (χ0) is 16.0. The Morgan fingerprint density at radius 2 is 1.35 bits per heavy atom. The summed E-state index contributed by atoms with van der Waals surface area (Å²) in [5.74, 6) is 4.50. The number of hydrogen-bond donors (Lipinski definition) is 1. The van der Waals surface area contributed by atoms with E-state index in [-0.39, 0.29) is 63.6 Å². The smallest absolute Gasteiger partial charge is 0.300 e. The van der Waals surface area contributed by atoms with Gasteiger partial charge in [0, 0.05) is 57.6 Å². The Morgan fingerprint density at radius 1 is 0.870 bits per heavy atom. The van der Waals surface area contributed by atoms with Gasteiger partial charge in [0.15, 0.2) is 0 Å². The van der Waals surface area contributed by atoms with Gasteiger partial charge in [0.2, 0.25) is 0 Å². The van der Waals surface area contributed by atoms with Crippen LogP contribution in [0.15, 0.2) is 0 Å². The van der Waals surface area contributed by atoms with Crippen LogP contribution in [-0.4, -0.2) is 20.8 Å². The van der Waals surface area contributed by atoms with E-state index < -0.39 is 10.4 Å². The maximum atomic E-state index is 11.5. The third-order valence-electron chi connectivity index (χ3n) is 3.29. The minimum absolute atomic E-state index is 0. The topological polar surface area (TPSA) is 95.7 Å². The van der Waals surface area contributed by atoms with Gasteiger partial charge in [-0.25, -0.2) is 4.18 Å². The van der Waals surface area contributed by atoms with Gasteiger partial charge >= 0.3 is 10.4 Å². The number of rotatable bonds is 15. The van der Waals surface area contributed by atoms with Crippen molar-refractivity contribution in [3.8, 4) is 0 Å². The monoisotopic (exact) mass is 537 g/mol. The number of carbonyl (C=O) groups excluding carboxylic acids is 1.